The van der Waals surface area contributed by atoms with Crippen LogP contribution >= 0.6 is 0 Å². The zero-order valence-corrected chi connectivity index (χ0v) is 18.5. The maximum absolute atomic E-state index is 12.8. The highest BCUT2D eigenvalue weighted by atomic mass is 16.5. The lowest BCUT2D eigenvalue weighted by Gasteiger charge is -2.15. The summed E-state index contributed by atoms with van der Waals surface area (Å²) in [4.78, 5) is 30.2. The molecule has 4 rings (SSSR count). The molecule has 0 unspecified atom stereocenters. The number of hydrogen-bond acceptors (Lipinski definition) is 5. The number of benzene rings is 1. The predicted molar refractivity (Wildman–Crippen MR) is 119 cm³/mol. The van der Waals surface area contributed by atoms with Gasteiger partial charge in [-0.1, -0.05) is 18.2 Å². The van der Waals surface area contributed by atoms with Crippen LogP contribution in [0.4, 0.5) is 0 Å². The predicted octanol–water partition coefficient (Wildman–Crippen LogP) is 4.49. The van der Waals surface area contributed by atoms with Crippen LogP contribution in [0.2, 0.25) is 0 Å². The van der Waals surface area contributed by atoms with Gasteiger partial charge in [0.05, 0.1) is 22.9 Å². The van der Waals surface area contributed by atoms with Crippen molar-refractivity contribution in [2.24, 2.45) is 0 Å². The Labute approximate surface area is 182 Å². The Morgan fingerprint density at radius 1 is 1.19 bits per heavy atom. The molecule has 0 radical (unpaired) electrons. The summed E-state index contributed by atoms with van der Waals surface area (Å²) in [5.74, 6) is -0.723. The SMILES string of the molecule is Cc1nc2ccccc2c(C)c1C(=O)OCC(=O)c1cc(C)n(C[C@@H]2CCCO2)c1C. The first-order valence-electron chi connectivity index (χ1n) is 10.7. The van der Waals surface area contributed by atoms with Gasteiger partial charge in [-0.3, -0.25) is 9.78 Å². The summed E-state index contributed by atoms with van der Waals surface area (Å²) in [6.07, 6.45) is 2.31. The average Bonchev–Trinajstić information content (AvgIpc) is 3.36. The standard InChI is InChI=1S/C25H28N2O4/c1-15-12-21(18(4)27(15)13-19-8-7-11-30-19)23(28)14-31-25(29)24-16(2)20-9-5-6-10-22(20)26-17(24)3/h5-6,9-10,12,19H,7-8,11,13-14H2,1-4H3/t19-/m0/s1. The molecular weight excluding hydrogens is 392 g/mol. The first-order valence-corrected chi connectivity index (χ1v) is 10.7. The summed E-state index contributed by atoms with van der Waals surface area (Å²) < 4.78 is 13.3. The van der Waals surface area contributed by atoms with Crippen LogP contribution in [0.3, 0.4) is 0 Å². The molecule has 0 bridgehead atoms. The zero-order valence-electron chi connectivity index (χ0n) is 18.5. The van der Waals surface area contributed by atoms with E-state index in [-0.39, 0.29) is 18.5 Å². The van der Waals surface area contributed by atoms with Crippen LogP contribution in [0.15, 0.2) is 30.3 Å². The quantitative estimate of drug-likeness (QED) is 0.434. The highest BCUT2D eigenvalue weighted by molar-refractivity contribution is 6.02. The van der Waals surface area contributed by atoms with E-state index in [0.29, 0.717) is 16.8 Å². The van der Waals surface area contributed by atoms with Crippen molar-refractivity contribution in [1.82, 2.24) is 9.55 Å². The average molecular weight is 421 g/mol. The first-order chi connectivity index (χ1) is 14.9. The van der Waals surface area contributed by atoms with Crippen molar-refractivity contribution in [3.8, 4) is 0 Å². The van der Waals surface area contributed by atoms with Gasteiger partial charge in [0, 0.05) is 35.5 Å². The Balaban J connectivity index is 1.49. The van der Waals surface area contributed by atoms with Gasteiger partial charge in [-0.25, -0.2) is 4.79 Å². The summed E-state index contributed by atoms with van der Waals surface area (Å²) in [6, 6.07) is 9.55. The molecule has 1 aliphatic heterocycles. The molecule has 1 aliphatic rings. The molecule has 31 heavy (non-hydrogen) atoms. The molecule has 0 aliphatic carbocycles. The third-order valence-corrected chi connectivity index (χ3v) is 6.16. The Hall–Kier alpha value is -2.99. The lowest BCUT2D eigenvalue weighted by Crippen LogP contribution is -2.19. The molecule has 6 nitrogen and oxygen atoms in total. The fourth-order valence-electron chi connectivity index (χ4n) is 4.47. The van der Waals surface area contributed by atoms with Crippen molar-refractivity contribution in [3.05, 3.63) is 64.1 Å². The zero-order chi connectivity index (χ0) is 22.1. The van der Waals surface area contributed by atoms with Crippen LogP contribution in [0.5, 0.6) is 0 Å². The Bertz CT molecular complexity index is 1160. The van der Waals surface area contributed by atoms with Crippen LogP contribution < -0.4 is 0 Å². The maximum Gasteiger partial charge on any atom is 0.340 e. The molecule has 6 heteroatoms. The van der Waals surface area contributed by atoms with Gasteiger partial charge in [-0.05, 0) is 58.2 Å². The third kappa shape index (κ3) is 4.12. The van der Waals surface area contributed by atoms with E-state index >= 15 is 0 Å². The van der Waals surface area contributed by atoms with Crippen LogP contribution in [0, 0.1) is 27.7 Å². The molecule has 1 saturated heterocycles. The number of rotatable bonds is 6. The number of Topliss-reactive ketones (excluding diaryl/α,β-unsaturated/α-hetero) is 1. The highest BCUT2D eigenvalue weighted by Crippen LogP contribution is 2.24. The summed E-state index contributed by atoms with van der Waals surface area (Å²) in [6.45, 7) is 8.83. The second-order valence-corrected chi connectivity index (χ2v) is 8.24. The van der Waals surface area contributed by atoms with Crippen molar-refractivity contribution in [1.29, 1.82) is 0 Å². The van der Waals surface area contributed by atoms with Crippen molar-refractivity contribution < 1.29 is 19.1 Å². The van der Waals surface area contributed by atoms with E-state index < -0.39 is 5.97 Å². The van der Waals surface area contributed by atoms with E-state index in [1.54, 1.807) is 6.92 Å². The number of aromatic nitrogens is 2. The van der Waals surface area contributed by atoms with Gasteiger partial charge in [-0.2, -0.15) is 0 Å². The number of carbonyl (C=O) groups excluding carboxylic acids is 2. The number of para-hydroxylation sites is 1. The second-order valence-electron chi connectivity index (χ2n) is 8.24. The molecule has 0 N–H and O–H groups in total. The number of carbonyl (C=O) groups is 2. The van der Waals surface area contributed by atoms with Gasteiger partial charge in [0.2, 0.25) is 5.78 Å². The van der Waals surface area contributed by atoms with Gasteiger partial charge < -0.3 is 14.0 Å². The van der Waals surface area contributed by atoms with E-state index in [4.69, 9.17) is 9.47 Å². The Kier molecular flexibility index (Phi) is 5.92. The number of ketones is 1. The van der Waals surface area contributed by atoms with Crippen molar-refractivity contribution in [2.75, 3.05) is 13.2 Å². The lowest BCUT2D eigenvalue weighted by atomic mass is 10.0. The molecule has 162 valence electrons. The normalized spacial score (nSPS) is 16.1. The summed E-state index contributed by atoms with van der Waals surface area (Å²) in [5, 5.41) is 0.907. The van der Waals surface area contributed by atoms with Crippen LogP contribution in [-0.4, -0.2) is 40.6 Å². The molecule has 2 aromatic heterocycles. The topological polar surface area (TPSA) is 70.4 Å². The van der Waals surface area contributed by atoms with E-state index in [1.807, 2.05) is 51.1 Å². The lowest BCUT2D eigenvalue weighted by molar-refractivity contribution is 0.0472. The minimum atomic E-state index is -0.519. The minimum Gasteiger partial charge on any atom is -0.454 e. The second kappa shape index (κ2) is 8.63. The summed E-state index contributed by atoms with van der Waals surface area (Å²) in [7, 11) is 0. The Morgan fingerprint density at radius 3 is 2.71 bits per heavy atom. The maximum atomic E-state index is 12.8. The summed E-state index contributed by atoms with van der Waals surface area (Å²) in [5.41, 5.74) is 5.16. The van der Waals surface area contributed by atoms with Crippen molar-refractivity contribution in [3.63, 3.8) is 0 Å². The molecule has 0 spiro atoms. The van der Waals surface area contributed by atoms with Crippen molar-refractivity contribution >= 4 is 22.7 Å². The van der Waals surface area contributed by atoms with Gasteiger partial charge in [-0.15, -0.1) is 0 Å². The van der Waals surface area contributed by atoms with Gasteiger partial charge in [0.15, 0.2) is 6.61 Å². The number of fused-ring (bicyclic) bond motifs is 1. The molecule has 3 aromatic rings. The molecule has 1 atom stereocenters. The van der Waals surface area contributed by atoms with E-state index in [0.717, 1.165) is 53.8 Å². The molecule has 1 fully saturated rings. The summed E-state index contributed by atoms with van der Waals surface area (Å²) >= 11 is 0. The number of ether oxygens (including phenoxy) is 2. The number of pyridine rings is 1. The van der Waals surface area contributed by atoms with Gasteiger partial charge >= 0.3 is 5.97 Å². The van der Waals surface area contributed by atoms with Gasteiger partial charge in [0.25, 0.3) is 0 Å². The molecule has 0 amide bonds. The van der Waals surface area contributed by atoms with Crippen molar-refractivity contribution in [2.45, 2.75) is 53.2 Å². The number of esters is 1. The third-order valence-electron chi connectivity index (χ3n) is 6.16. The first kappa shape index (κ1) is 21.2. The molecule has 1 aromatic carbocycles. The van der Waals surface area contributed by atoms with Crippen LogP contribution in [-0.2, 0) is 16.0 Å². The molecule has 3 heterocycles. The largest absolute Gasteiger partial charge is 0.454 e. The minimum absolute atomic E-state index is 0.192. The fourth-order valence-corrected chi connectivity index (χ4v) is 4.47. The number of aryl methyl sites for hydroxylation is 3. The highest BCUT2D eigenvalue weighted by Gasteiger charge is 2.23. The molecule has 0 saturated carbocycles. The van der Waals surface area contributed by atoms with Crippen LogP contribution in [0.1, 0.15) is 56.2 Å². The number of hydrogen-bond donors (Lipinski definition) is 0. The van der Waals surface area contributed by atoms with E-state index in [2.05, 4.69) is 9.55 Å². The smallest absolute Gasteiger partial charge is 0.340 e. The fraction of sp³-hybridized carbons (Fsp3) is 0.400. The molecular formula is C25H28N2O4. The Morgan fingerprint density at radius 2 is 1.97 bits per heavy atom. The van der Waals surface area contributed by atoms with E-state index in [1.165, 1.54) is 0 Å². The number of nitrogens with zero attached hydrogens (tertiary/aromatic N) is 2. The van der Waals surface area contributed by atoms with E-state index in [9.17, 15) is 9.59 Å². The monoisotopic (exact) mass is 420 g/mol. The van der Waals surface area contributed by atoms with Crippen LogP contribution in [0.25, 0.3) is 10.9 Å². The van der Waals surface area contributed by atoms with Gasteiger partial charge in [0.1, 0.15) is 0 Å².